The van der Waals surface area contributed by atoms with Gasteiger partial charge in [-0.1, -0.05) is 30.3 Å². The molecule has 0 aliphatic heterocycles. The second-order valence-electron chi connectivity index (χ2n) is 10.7. The van der Waals surface area contributed by atoms with E-state index < -0.39 is 23.8 Å². The highest BCUT2D eigenvalue weighted by Crippen LogP contribution is 2.36. The van der Waals surface area contributed by atoms with Crippen molar-refractivity contribution in [3.63, 3.8) is 0 Å². The van der Waals surface area contributed by atoms with E-state index in [0.29, 0.717) is 47.9 Å². The number of halogens is 4. The first-order chi connectivity index (χ1) is 20.7. The summed E-state index contributed by atoms with van der Waals surface area (Å²) in [6.45, 7) is 0.551. The van der Waals surface area contributed by atoms with E-state index >= 15 is 0 Å². The lowest BCUT2D eigenvalue weighted by atomic mass is 9.81. The summed E-state index contributed by atoms with van der Waals surface area (Å²) in [6, 6.07) is 14.9. The third-order valence-corrected chi connectivity index (χ3v) is 7.91. The fourth-order valence-corrected chi connectivity index (χ4v) is 5.64. The maximum absolute atomic E-state index is 14.1. The van der Waals surface area contributed by atoms with Gasteiger partial charge < -0.3 is 11.5 Å². The van der Waals surface area contributed by atoms with Gasteiger partial charge in [0.1, 0.15) is 6.04 Å². The molecule has 1 aliphatic rings. The van der Waals surface area contributed by atoms with Gasteiger partial charge in [-0.3, -0.25) is 19.5 Å². The molecule has 2 aromatic carbocycles. The second-order valence-corrected chi connectivity index (χ2v) is 10.7. The Kier molecular flexibility index (Phi) is 10.3. The topological polar surface area (TPSA) is 157 Å². The van der Waals surface area contributed by atoms with Crippen LogP contribution in [0.2, 0.25) is 0 Å². The third-order valence-electron chi connectivity index (χ3n) is 7.91. The fraction of sp³-hybridized carbons (Fsp3) is 0.333. The van der Waals surface area contributed by atoms with Gasteiger partial charge in [0.25, 0.3) is 0 Å². The van der Waals surface area contributed by atoms with Crippen LogP contribution in [0.5, 0.6) is 0 Å². The molecule has 0 saturated heterocycles. The van der Waals surface area contributed by atoms with Crippen LogP contribution >= 0.6 is 12.4 Å². The lowest BCUT2D eigenvalue weighted by Gasteiger charge is -2.35. The number of nitrogens with zero attached hydrogens (tertiary/aromatic N) is 5. The molecule has 0 unspecified atom stereocenters. The Morgan fingerprint density at radius 3 is 2.34 bits per heavy atom. The Bertz CT molecular complexity index is 1560. The van der Waals surface area contributed by atoms with Crippen molar-refractivity contribution in [2.24, 2.45) is 23.3 Å². The van der Waals surface area contributed by atoms with Gasteiger partial charge in [-0.05, 0) is 90.0 Å². The number of amides is 2. The molecule has 5 rings (SSSR count). The summed E-state index contributed by atoms with van der Waals surface area (Å²) >= 11 is 0. The van der Waals surface area contributed by atoms with Crippen molar-refractivity contribution in [3.05, 3.63) is 78.1 Å². The molecule has 0 spiro atoms. The van der Waals surface area contributed by atoms with Crippen molar-refractivity contribution in [1.82, 2.24) is 25.6 Å². The van der Waals surface area contributed by atoms with Gasteiger partial charge in [0.15, 0.2) is 11.5 Å². The van der Waals surface area contributed by atoms with Gasteiger partial charge >= 0.3 is 6.18 Å². The monoisotopic (exact) mass is 628 g/mol. The number of nitrogens with one attached hydrogen (secondary N) is 1. The molecule has 14 heteroatoms. The maximum Gasteiger partial charge on any atom is 0.433 e. The molecule has 0 bridgehead atoms. The minimum atomic E-state index is -4.65. The zero-order valence-electron chi connectivity index (χ0n) is 23.6. The number of aromatic nitrogens is 5. The van der Waals surface area contributed by atoms with Crippen LogP contribution in [0.15, 0.2) is 66.9 Å². The molecule has 2 aromatic heterocycles. The number of pyridine rings is 1. The predicted octanol–water partition coefficient (Wildman–Crippen LogP) is 4.56. The zero-order valence-corrected chi connectivity index (χ0v) is 24.4. The SMILES string of the molecule is Cl.NC[C@H]1CC[C@H](C(=O)N(c2ccc(-c3nnn[nH]3)cc2)[C@@H](Cc2cccc(-c3cccnc3C(F)(F)F)c2)C(N)=O)CC1. The summed E-state index contributed by atoms with van der Waals surface area (Å²) in [7, 11) is 0. The molecule has 2 heterocycles. The Morgan fingerprint density at radius 2 is 1.73 bits per heavy atom. The molecule has 1 aliphatic carbocycles. The quantitative estimate of drug-likeness (QED) is 0.245. The number of H-pyrrole nitrogens is 1. The van der Waals surface area contributed by atoms with Gasteiger partial charge in [0.05, 0.1) is 0 Å². The normalized spacial score (nSPS) is 17.4. The van der Waals surface area contributed by atoms with Crippen molar-refractivity contribution in [2.45, 2.75) is 44.3 Å². The number of hydrogen-bond donors (Lipinski definition) is 3. The van der Waals surface area contributed by atoms with Crippen LogP contribution in [0.4, 0.5) is 18.9 Å². The van der Waals surface area contributed by atoms with Gasteiger partial charge in [0, 0.05) is 35.3 Å². The van der Waals surface area contributed by atoms with Gasteiger partial charge in [0.2, 0.25) is 11.8 Å². The van der Waals surface area contributed by atoms with E-state index in [-0.39, 0.29) is 41.8 Å². The molecule has 1 atom stereocenters. The molecule has 2 amide bonds. The minimum absolute atomic E-state index is 0. The van der Waals surface area contributed by atoms with Crippen molar-refractivity contribution in [3.8, 4) is 22.5 Å². The highest BCUT2D eigenvalue weighted by Gasteiger charge is 2.37. The van der Waals surface area contributed by atoms with Crippen molar-refractivity contribution in [1.29, 1.82) is 0 Å². The lowest BCUT2D eigenvalue weighted by molar-refractivity contribution is -0.140. The van der Waals surface area contributed by atoms with Crippen LogP contribution in [0.25, 0.3) is 22.5 Å². The molecule has 5 N–H and O–H groups in total. The van der Waals surface area contributed by atoms with Crippen LogP contribution in [0.3, 0.4) is 0 Å². The fourth-order valence-electron chi connectivity index (χ4n) is 5.64. The Morgan fingerprint density at radius 1 is 1.00 bits per heavy atom. The van der Waals surface area contributed by atoms with E-state index in [9.17, 15) is 22.8 Å². The molecule has 10 nitrogen and oxygen atoms in total. The number of tetrazole rings is 1. The number of nitrogens with two attached hydrogens (primary N) is 2. The number of carbonyl (C=O) groups excluding carboxylic acids is 2. The number of alkyl halides is 3. The summed E-state index contributed by atoms with van der Waals surface area (Å²) in [5.74, 6) is -0.539. The molecule has 232 valence electrons. The standard InChI is InChI=1S/C30H31F3N8O2.ClH/c31-30(32,33)26-24(5-2-14-36-26)22-4-1-3-19(15-22)16-25(27(35)42)41(29(43)21-8-6-18(17-34)7-9-21)23-12-10-20(11-13-23)28-37-39-40-38-28;/h1-5,10-15,18,21,25H,6-9,16-17,34H2,(H2,35,42)(H,37,38,39,40);1H/t18-,21-,25-;/m0./s1. The molecule has 1 fully saturated rings. The van der Waals surface area contributed by atoms with Crippen LogP contribution in [0, 0.1) is 11.8 Å². The molecular weight excluding hydrogens is 597 g/mol. The molecule has 44 heavy (non-hydrogen) atoms. The molecule has 4 aromatic rings. The van der Waals surface area contributed by atoms with E-state index in [2.05, 4.69) is 25.6 Å². The number of aromatic amines is 1. The lowest BCUT2D eigenvalue weighted by Crippen LogP contribution is -2.52. The number of hydrogen-bond acceptors (Lipinski definition) is 7. The highest BCUT2D eigenvalue weighted by molar-refractivity contribution is 6.01. The van der Waals surface area contributed by atoms with E-state index in [1.807, 2.05) is 0 Å². The van der Waals surface area contributed by atoms with Crippen LogP contribution in [-0.2, 0) is 22.2 Å². The Balaban J connectivity index is 0.00000442. The van der Waals surface area contributed by atoms with Crippen LogP contribution < -0.4 is 16.4 Å². The first kappa shape index (κ1) is 32.6. The van der Waals surface area contributed by atoms with Crippen LogP contribution in [-0.4, -0.2) is 50.0 Å². The molecule has 1 saturated carbocycles. The summed E-state index contributed by atoms with van der Waals surface area (Å²) in [5.41, 5.74) is 12.6. The maximum atomic E-state index is 14.1. The zero-order chi connectivity index (χ0) is 30.6. The van der Waals surface area contributed by atoms with Crippen molar-refractivity contribution in [2.75, 3.05) is 11.4 Å². The van der Waals surface area contributed by atoms with Crippen molar-refractivity contribution < 1.29 is 22.8 Å². The number of primary amides is 1. The summed E-state index contributed by atoms with van der Waals surface area (Å²) in [6.07, 6.45) is -0.719. The first-order valence-electron chi connectivity index (χ1n) is 13.9. The third kappa shape index (κ3) is 7.22. The van der Waals surface area contributed by atoms with E-state index in [1.165, 1.54) is 17.0 Å². The number of carbonyl (C=O) groups is 2. The summed E-state index contributed by atoms with van der Waals surface area (Å²) < 4.78 is 41.1. The van der Waals surface area contributed by atoms with E-state index in [4.69, 9.17) is 11.5 Å². The van der Waals surface area contributed by atoms with Crippen LogP contribution in [0.1, 0.15) is 36.9 Å². The van der Waals surface area contributed by atoms with Gasteiger partial charge in [-0.2, -0.15) is 13.2 Å². The average molecular weight is 629 g/mol. The number of anilines is 1. The highest BCUT2D eigenvalue weighted by atomic mass is 35.5. The second kappa shape index (κ2) is 14.0. The van der Waals surface area contributed by atoms with Gasteiger partial charge in [-0.25, -0.2) is 5.10 Å². The van der Waals surface area contributed by atoms with Crippen molar-refractivity contribution >= 4 is 29.9 Å². The Labute approximate surface area is 257 Å². The largest absolute Gasteiger partial charge is 0.433 e. The first-order valence-corrected chi connectivity index (χ1v) is 13.9. The summed E-state index contributed by atoms with van der Waals surface area (Å²) in [5, 5.41) is 13.7. The average Bonchev–Trinajstić information content (AvgIpc) is 3.56. The molecule has 0 radical (unpaired) electrons. The number of rotatable bonds is 9. The minimum Gasteiger partial charge on any atom is -0.368 e. The summed E-state index contributed by atoms with van der Waals surface area (Å²) in [4.78, 5) is 32.1. The predicted molar refractivity (Wildman–Crippen MR) is 160 cm³/mol. The van der Waals surface area contributed by atoms with E-state index in [1.54, 1.807) is 48.5 Å². The number of benzene rings is 2. The van der Waals surface area contributed by atoms with Gasteiger partial charge in [-0.15, -0.1) is 17.5 Å². The Hall–Kier alpha value is -4.36. The molecular formula is C30H32ClF3N8O2. The smallest absolute Gasteiger partial charge is 0.368 e. The van der Waals surface area contributed by atoms with E-state index in [0.717, 1.165) is 19.0 Å².